The van der Waals surface area contributed by atoms with Crippen LogP contribution >= 0.6 is 52.7 Å². The van der Waals surface area contributed by atoms with Crippen molar-refractivity contribution in [1.29, 1.82) is 0 Å². The van der Waals surface area contributed by atoms with Crippen molar-refractivity contribution in [3.63, 3.8) is 0 Å². The highest BCUT2D eigenvalue weighted by Crippen LogP contribution is 2.32. The molecule has 0 saturated heterocycles. The predicted molar refractivity (Wildman–Crippen MR) is 178 cm³/mol. The Bertz CT molecular complexity index is 1670. The molecular formula is C34H22I2S. The van der Waals surface area contributed by atoms with Crippen LogP contribution in [0.5, 0.6) is 0 Å². The van der Waals surface area contributed by atoms with Gasteiger partial charge in [-0.05, 0) is 114 Å². The van der Waals surface area contributed by atoms with Gasteiger partial charge in [0, 0.05) is 29.7 Å². The minimum absolute atomic E-state index is 1.23. The summed E-state index contributed by atoms with van der Waals surface area (Å²) in [6.07, 6.45) is 0. The van der Waals surface area contributed by atoms with Gasteiger partial charge in [0.15, 0.2) is 0 Å². The van der Waals surface area contributed by atoms with E-state index in [0.29, 0.717) is 0 Å². The van der Waals surface area contributed by atoms with Crippen LogP contribution in [0.3, 0.4) is 0 Å². The van der Waals surface area contributed by atoms with Gasteiger partial charge < -0.3 is 0 Å². The molecule has 0 aliphatic rings. The van der Waals surface area contributed by atoms with Crippen LogP contribution in [-0.2, 0) is 0 Å². The van der Waals surface area contributed by atoms with Crippen LogP contribution in [0.25, 0.3) is 55.3 Å². The summed E-state index contributed by atoms with van der Waals surface area (Å²) in [7, 11) is 1.74. The lowest BCUT2D eigenvalue weighted by molar-refractivity contribution is 1.47. The number of hydrogen-bond acceptors (Lipinski definition) is 1. The molecular weight excluding hydrogens is 694 g/mol. The smallest absolute Gasteiger partial charge is 0.0179 e. The van der Waals surface area contributed by atoms with E-state index in [-0.39, 0.29) is 0 Å². The van der Waals surface area contributed by atoms with Gasteiger partial charge in [-0.2, -0.15) is 0 Å². The molecule has 0 N–H and O–H groups in total. The van der Waals surface area contributed by atoms with Crippen LogP contribution in [-0.4, -0.2) is 0 Å². The maximum Gasteiger partial charge on any atom is 0.0179 e. The molecule has 3 heteroatoms. The molecule has 0 nitrogen and oxygen atoms in total. The summed E-state index contributed by atoms with van der Waals surface area (Å²) in [5.41, 5.74) is 9.92. The van der Waals surface area contributed by atoms with Gasteiger partial charge in [-0.25, -0.2) is 0 Å². The third-order valence-electron chi connectivity index (χ3n) is 6.73. The third-order valence-corrected chi connectivity index (χ3v) is 9.43. The number of rotatable bonds is 5. The quantitative estimate of drug-likeness (QED) is 0.160. The molecule has 0 saturated carbocycles. The van der Waals surface area contributed by atoms with Gasteiger partial charge in [-0.15, -0.1) is 0 Å². The van der Waals surface area contributed by atoms with Crippen molar-refractivity contribution in [3.05, 3.63) is 137 Å². The van der Waals surface area contributed by atoms with Crippen molar-refractivity contribution in [2.45, 2.75) is 4.90 Å². The van der Waals surface area contributed by atoms with E-state index in [0.717, 1.165) is 0 Å². The minimum Gasteiger partial charge on any atom is -0.0538 e. The van der Waals surface area contributed by atoms with E-state index in [1.807, 2.05) is 0 Å². The Hall–Kier alpha value is -2.61. The molecule has 0 amide bonds. The van der Waals surface area contributed by atoms with E-state index in [1.165, 1.54) is 63.7 Å². The Morgan fingerprint density at radius 2 is 0.676 bits per heavy atom. The zero-order valence-electron chi connectivity index (χ0n) is 19.9. The first kappa shape index (κ1) is 24.7. The van der Waals surface area contributed by atoms with E-state index >= 15 is 0 Å². The van der Waals surface area contributed by atoms with Crippen molar-refractivity contribution in [1.82, 2.24) is 0 Å². The lowest BCUT2D eigenvalue weighted by Gasteiger charge is -2.09. The molecule has 0 heterocycles. The topological polar surface area (TPSA) is 0 Å². The Kier molecular flexibility index (Phi) is 7.36. The van der Waals surface area contributed by atoms with E-state index in [2.05, 4.69) is 177 Å². The van der Waals surface area contributed by atoms with E-state index < -0.39 is 0 Å². The fourth-order valence-electron chi connectivity index (χ4n) is 4.66. The van der Waals surface area contributed by atoms with Crippen LogP contribution in [0.1, 0.15) is 0 Å². The monoisotopic (exact) mass is 716 g/mol. The average Bonchev–Trinajstić information content (AvgIpc) is 2.97. The Labute approximate surface area is 247 Å². The lowest BCUT2D eigenvalue weighted by atomic mass is 9.95. The summed E-state index contributed by atoms with van der Waals surface area (Å²) in [4.78, 5) is 1.28. The van der Waals surface area contributed by atoms with E-state index in [9.17, 15) is 0 Å². The van der Waals surface area contributed by atoms with E-state index in [4.69, 9.17) is 0 Å². The molecule has 6 aromatic carbocycles. The molecule has 0 atom stereocenters. The lowest BCUT2D eigenvalue weighted by Crippen LogP contribution is -1.84. The first-order valence-corrected chi connectivity index (χ1v) is 16.5. The number of hydrogen-bond donors (Lipinski definition) is 0. The van der Waals surface area contributed by atoms with Crippen molar-refractivity contribution in [3.8, 4) is 44.5 Å². The summed E-state index contributed by atoms with van der Waals surface area (Å²) in [6.45, 7) is 0. The van der Waals surface area contributed by atoms with Gasteiger partial charge in [0.2, 0.25) is 0 Å². The molecule has 0 aromatic heterocycles. The highest BCUT2D eigenvalue weighted by atomic mass is 127. The maximum atomic E-state index is 2.35. The predicted octanol–water partition coefficient (Wildman–Crippen LogP) is 11.6. The Balaban J connectivity index is 1.27. The SMILES string of the molecule is ISc1ccc(-c2ccc(-c3ccc4ccc(-c5ccc(-c6ccc(I)cc6)cc5)cc4c3)cc2)cc1. The molecule has 0 aliphatic carbocycles. The summed E-state index contributed by atoms with van der Waals surface area (Å²) >= 11 is 4.67. The van der Waals surface area contributed by atoms with Crippen molar-refractivity contribution < 1.29 is 0 Å². The van der Waals surface area contributed by atoms with Gasteiger partial charge in [0.05, 0.1) is 0 Å². The van der Waals surface area contributed by atoms with Gasteiger partial charge in [0.1, 0.15) is 0 Å². The molecule has 178 valence electrons. The van der Waals surface area contributed by atoms with Gasteiger partial charge in [0.25, 0.3) is 0 Å². The second-order valence-corrected chi connectivity index (χ2v) is 12.2. The number of benzene rings is 6. The van der Waals surface area contributed by atoms with Gasteiger partial charge in [-0.1, -0.05) is 106 Å². The first-order valence-electron chi connectivity index (χ1n) is 12.1. The molecule has 6 aromatic rings. The molecule has 0 bridgehead atoms. The van der Waals surface area contributed by atoms with E-state index in [1.54, 1.807) is 8.93 Å². The zero-order chi connectivity index (χ0) is 25.2. The third kappa shape index (κ3) is 5.49. The zero-order valence-corrected chi connectivity index (χ0v) is 25.0. The molecule has 6 rings (SSSR count). The molecule has 0 aliphatic heterocycles. The summed E-state index contributed by atoms with van der Waals surface area (Å²) < 4.78 is 1.25. The average molecular weight is 716 g/mol. The summed E-state index contributed by atoms with van der Waals surface area (Å²) in [6, 6.07) is 48.7. The number of halogens is 2. The second-order valence-electron chi connectivity index (χ2n) is 9.04. The van der Waals surface area contributed by atoms with Crippen LogP contribution in [0, 0.1) is 3.57 Å². The van der Waals surface area contributed by atoms with Crippen LogP contribution in [0.4, 0.5) is 0 Å². The van der Waals surface area contributed by atoms with Gasteiger partial charge in [-0.3, -0.25) is 0 Å². The Morgan fingerprint density at radius 3 is 1.08 bits per heavy atom. The Morgan fingerprint density at radius 1 is 0.351 bits per heavy atom. The molecule has 0 spiro atoms. The molecule has 37 heavy (non-hydrogen) atoms. The highest BCUT2D eigenvalue weighted by molar-refractivity contribution is 14.2. The fourth-order valence-corrected chi connectivity index (χ4v) is 6.14. The van der Waals surface area contributed by atoms with Crippen molar-refractivity contribution in [2.75, 3.05) is 0 Å². The summed E-state index contributed by atoms with van der Waals surface area (Å²) in [5.74, 6) is 0. The van der Waals surface area contributed by atoms with Crippen molar-refractivity contribution >= 4 is 63.5 Å². The summed E-state index contributed by atoms with van der Waals surface area (Å²) in [5, 5.41) is 2.51. The van der Waals surface area contributed by atoms with Crippen LogP contribution < -0.4 is 0 Å². The fraction of sp³-hybridized carbons (Fsp3) is 0. The largest absolute Gasteiger partial charge is 0.0538 e. The van der Waals surface area contributed by atoms with Crippen molar-refractivity contribution in [2.24, 2.45) is 0 Å². The molecule has 0 fully saturated rings. The maximum absolute atomic E-state index is 2.35. The normalized spacial score (nSPS) is 11.1. The highest BCUT2D eigenvalue weighted by Gasteiger charge is 2.06. The first-order chi connectivity index (χ1) is 18.2. The molecule has 0 radical (unpaired) electrons. The van der Waals surface area contributed by atoms with Crippen LogP contribution in [0.15, 0.2) is 138 Å². The number of fused-ring (bicyclic) bond motifs is 1. The minimum atomic E-state index is 1.23. The molecule has 0 unspecified atom stereocenters. The van der Waals surface area contributed by atoms with Crippen LogP contribution in [0.2, 0.25) is 0 Å². The van der Waals surface area contributed by atoms with Gasteiger partial charge >= 0.3 is 0 Å². The standard InChI is InChI=1S/C34H22I2S/c35-33-17-13-25(14-18-33)23-1-5-27(6-2-23)30-11-9-29-10-12-31(22-32(29)21-30)28-7-3-24(4-8-28)26-15-19-34(37-36)20-16-26/h1-22H. The second kappa shape index (κ2) is 11.0.